The van der Waals surface area contributed by atoms with Crippen molar-refractivity contribution in [2.24, 2.45) is 5.92 Å². The second kappa shape index (κ2) is 3.89. The molecular weight excluding hydrogens is 168 g/mol. The molecule has 1 aromatic heterocycles. The zero-order chi connectivity index (χ0) is 9.10. The number of nitrogens with zero attached hydrogens (tertiary/aromatic N) is 2. The van der Waals surface area contributed by atoms with Gasteiger partial charge in [-0.15, -0.1) is 0 Å². The average molecular weight is 182 g/mol. The van der Waals surface area contributed by atoms with E-state index in [1.54, 1.807) is 12.5 Å². The smallest absolute Gasteiger partial charge is 0.0948 e. The molecule has 0 aromatic carbocycles. The number of hydrogen-bond acceptors (Lipinski definition) is 3. The third-order valence-corrected chi connectivity index (χ3v) is 2.44. The Labute approximate surface area is 77.2 Å². The summed E-state index contributed by atoms with van der Waals surface area (Å²) >= 11 is 0. The number of imidazole rings is 1. The summed E-state index contributed by atoms with van der Waals surface area (Å²) in [5, 5.41) is 8.99. The molecule has 0 bridgehead atoms. The summed E-state index contributed by atoms with van der Waals surface area (Å²) in [7, 11) is 0. The number of aliphatic hydroxyl groups excluding tert-OH is 1. The van der Waals surface area contributed by atoms with Crippen LogP contribution in [0.3, 0.4) is 0 Å². The topological polar surface area (TPSA) is 47.3 Å². The molecule has 1 unspecified atom stereocenters. The molecule has 1 aliphatic rings. The van der Waals surface area contributed by atoms with Crippen LogP contribution in [-0.4, -0.2) is 27.9 Å². The second-order valence-electron chi connectivity index (χ2n) is 3.43. The lowest BCUT2D eigenvalue weighted by molar-refractivity contribution is 0.181. The van der Waals surface area contributed by atoms with Crippen LogP contribution in [0.2, 0.25) is 0 Å². The molecule has 0 saturated carbocycles. The van der Waals surface area contributed by atoms with Crippen LogP contribution >= 0.6 is 0 Å². The molecule has 4 nitrogen and oxygen atoms in total. The van der Waals surface area contributed by atoms with E-state index in [1.165, 1.54) is 0 Å². The maximum Gasteiger partial charge on any atom is 0.0948 e. The molecular formula is C9H14N2O2. The van der Waals surface area contributed by atoms with E-state index in [1.807, 2.05) is 4.57 Å². The van der Waals surface area contributed by atoms with Gasteiger partial charge in [0.1, 0.15) is 0 Å². The van der Waals surface area contributed by atoms with Crippen molar-refractivity contribution in [1.29, 1.82) is 0 Å². The lowest BCUT2D eigenvalue weighted by Gasteiger charge is -2.10. The molecule has 13 heavy (non-hydrogen) atoms. The van der Waals surface area contributed by atoms with E-state index in [0.717, 1.165) is 31.9 Å². The summed E-state index contributed by atoms with van der Waals surface area (Å²) in [6, 6.07) is 0. The van der Waals surface area contributed by atoms with Crippen molar-refractivity contribution in [1.82, 2.24) is 9.55 Å². The van der Waals surface area contributed by atoms with Gasteiger partial charge in [0, 0.05) is 19.1 Å². The Morgan fingerprint density at radius 2 is 2.62 bits per heavy atom. The largest absolute Gasteiger partial charge is 0.390 e. The minimum absolute atomic E-state index is 0.0631. The van der Waals surface area contributed by atoms with Gasteiger partial charge in [0.2, 0.25) is 0 Å². The van der Waals surface area contributed by atoms with Gasteiger partial charge in [-0.25, -0.2) is 4.98 Å². The van der Waals surface area contributed by atoms with E-state index in [-0.39, 0.29) is 6.61 Å². The molecule has 0 aliphatic carbocycles. The Morgan fingerprint density at radius 1 is 1.69 bits per heavy atom. The molecule has 1 fully saturated rings. The van der Waals surface area contributed by atoms with Crippen molar-refractivity contribution < 1.29 is 9.84 Å². The van der Waals surface area contributed by atoms with Crippen LogP contribution in [0.15, 0.2) is 12.5 Å². The Kier molecular flexibility index (Phi) is 2.61. The fourth-order valence-electron chi connectivity index (χ4n) is 1.65. The Morgan fingerprint density at radius 3 is 3.31 bits per heavy atom. The Hall–Kier alpha value is -0.870. The summed E-state index contributed by atoms with van der Waals surface area (Å²) in [5.74, 6) is 0.583. The monoisotopic (exact) mass is 182 g/mol. The SMILES string of the molecule is OCc1cncn1CC1CCOC1. The van der Waals surface area contributed by atoms with Gasteiger partial charge in [0.25, 0.3) is 0 Å². The molecule has 1 aliphatic heterocycles. The maximum absolute atomic E-state index is 8.99. The molecule has 0 amide bonds. The summed E-state index contributed by atoms with van der Waals surface area (Å²) in [4.78, 5) is 4.00. The number of ether oxygens (including phenoxy) is 1. The van der Waals surface area contributed by atoms with Crippen LogP contribution in [0.1, 0.15) is 12.1 Å². The highest BCUT2D eigenvalue weighted by Gasteiger charge is 2.16. The lowest BCUT2D eigenvalue weighted by Crippen LogP contribution is -2.12. The zero-order valence-electron chi connectivity index (χ0n) is 7.52. The fraction of sp³-hybridized carbons (Fsp3) is 0.667. The summed E-state index contributed by atoms with van der Waals surface area (Å²) < 4.78 is 7.28. The molecule has 4 heteroatoms. The van der Waals surface area contributed by atoms with Gasteiger partial charge in [-0.3, -0.25) is 0 Å². The molecule has 1 atom stereocenters. The number of aromatic nitrogens is 2. The first-order valence-corrected chi connectivity index (χ1v) is 4.57. The Balaban J connectivity index is 1.99. The summed E-state index contributed by atoms with van der Waals surface area (Å²) in [6.07, 6.45) is 4.59. The van der Waals surface area contributed by atoms with Crippen LogP contribution in [0, 0.1) is 5.92 Å². The highest BCUT2D eigenvalue weighted by Crippen LogP contribution is 2.15. The van der Waals surface area contributed by atoms with E-state index in [9.17, 15) is 0 Å². The molecule has 0 radical (unpaired) electrons. The summed E-state index contributed by atoms with van der Waals surface area (Å²) in [6.45, 7) is 2.68. The average Bonchev–Trinajstić information content (AvgIpc) is 2.76. The number of aliphatic hydroxyl groups is 1. The van der Waals surface area contributed by atoms with Crippen LogP contribution in [0.5, 0.6) is 0 Å². The van der Waals surface area contributed by atoms with Crippen molar-refractivity contribution in [3.63, 3.8) is 0 Å². The van der Waals surface area contributed by atoms with Gasteiger partial charge in [-0.05, 0) is 6.42 Å². The molecule has 1 N–H and O–H groups in total. The van der Waals surface area contributed by atoms with Gasteiger partial charge >= 0.3 is 0 Å². The van der Waals surface area contributed by atoms with E-state index < -0.39 is 0 Å². The zero-order valence-corrected chi connectivity index (χ0v) is 7.52. The van der Waals surface area contributed by atoms with E-state index in [4.69, 9.17) is 9.84 Å². The highest BCUT2D eigenvalue weighted by molar-refractivity contribution is 4.96. The predicted molar refractivity (Wildman–Crippen MR) is 47.1 cm³/mol. The standard InChI is InChI=1S/C9H14N2O2/c12-5-9-3-10-7-11(9)4-8-1-2-13-6-8/h3,7-8,12H,1-2,4-6H2. The first kappa shape index (κ1) is 8.72. The van der Waals surface area contributed by atoms with Gasteiger partial charge in [0.05, 0.1) is 31.4 Å². The van der Waals surface area contributed by atoms with Crippen LogP contribution < -0.4 is 0 Å². The molecule has 0 spiro atoms. The third-order valence-electron chi connectivity index (χ3n) is 2.44. The van der Waals surface area contributed by atoms with E-state index >= 15 is 0 Å². The molecule has 2 rings (SSSR count). The van der Waals surface area contributed by atoms with Gasteiger partial charge in [-0.1, -0.05) is 0 Å². The normalized spacial score (nSPS) is 22.4. The van der Waals surface area contributed by atoms with Crippen molar-refractivity contribution in [2.75, 3.05) is 13.2 Å². The fourth-order valence-corrected chi connectivity index (χ4v) is 1.65. The highest BCUT2D eigenvalue weighted by atomic mass is 16.5. The third kappa shape index (κ3) is 1.89. The second-order valence-corrected chi connectivity index (χ2v) is 3.43. The minimum atomic E-state index is 0.0631. The lowest BCUT2D eigenvalue weighted by atomic mass is 10.1. The number of rotatable bonds is 3. The molecule has 2 heterocycles. The molecule has 1 aromatic rings. The van der Waals surface area contributed by atoms with Crippen molar-refractivity contribution in [3.05, 3.63) is 18.2 Å². The van der Waals surface area contributed by atoms with Crippen molar-refractivity contribution in [3.8, 4) is 0 Å². The Bertz CT molecular complexity index is 266. The molecule has 72 valence electrons. The number of hydrogen-bond donors (Lipinski definition) is 1. The van der Waals surface area contributed by atoms with Gasteiger partial charge in [-0.2, -0.15) is 0 Å². The first-order chi connectivity index (χ1) is 6.40. The predicted octanol–water partition coefficient (Wildman–Crippen LogP) is 0.412. The van der Waals surface area contributed by atoms with Crippen LogP contribution in [-0.2, 0) is 17.9 Å². The van der Waals surface area contributed by atoms with Crippen molar-refractivity contribution >= 4 is 0 Å². The van der Waals surface area contributed by atoms with E-state index in [0.29, 0.717) is 5.92 Å². The minimum Gasteiger partial charge on any atom is -0.390 e. The quantitative estimate of drug-likeness (QED) is 0.736. The van der Waals surface area contributed by atoms with Gasteiger partial charge < -0.3 is 14.4 Å². The van der Waals surface area contributed by atoms with Gasteiger partial charge in [0.15, 0.2) is 0 Å². The van der Waals surface area contributed by atoms with E-state index in [2.05, 4.69) is 4.98 Å². The van der Waals surface area contributed by atoms with Crippen molar-refractivity contribution in [2.45, 2.75) is 19.6 Å². The molecule has 1 saturated heterocycles. The van der Waals surface area contributed by atoms with Crippen LogP contribution in [0.25, 0.3) is 0 Å². The van der Waals surface area contributed by atoms with Crippen LogP contribution in [0.4, 0.5) is 0 Å². The maximum atomic E-state index is 8.99. The summed E-state index contributed by atoms with van der Waals surface area (Å²) in [5.41, 5.74) is 0.881. The first-order valence-electron chi connectivity index (χ1n) is 4.57.